The van der Waals surface area contributed by atoms with Crippen LogP contribution in [0.15, 0.2) is 101 Å². The third-order valence-corrected chi connectivity index (χ3v) is 8.01. The van der Waals surface area contributed by atoms with Crippen molar-refractivity contribution < 1.29 is 4.79 Å². The average Bonchev–Trinajstić information content (AvgIpc) is 3.55. The summed E-state index contributed by atoms with van der Waals surface area (Å²) in [5.41, 5.74) is 4.49. The van der Waals surface area contributed by atoms with Gasteiger partial charge in [0.25, 0.3) is 5.56 Å². The first kappa shape index (κ1) is 24.2. The molecule has 5 aromatic rings. The van der Waals surface area contributed by atoms with Gasteiger partial charge in [0.1, 0.15) is 5.39 Å². The first-order valence-corrected chi connectivity index (χ1v) is 13.6. The molecule has 0 N–H and O–H groups in total. The standard InChI is InChI=1S/C30H27N5O2S/c1-21-10-8-9-15-26(21)35-28-25(17-31-35)29(37)34-24(20-38-30(34)32-28)16-27(36)33(18-22-11-4-2-5-12-22)19-23-13-6-3-7-14-23/h2-15,17,24H,16,18-20H2,1H3. The summed E-state index contributed by atoms with van der Waals surface area (Å²) in [5, 5.41) is 5.59. The molecule has 7 nitrogen and oxygen atoms in total. The smallest absolute Gasteiger partial charge is 0.265 e. The highest BCUT2D eigenvalue weighted by atomic mass is 32.2. The first-order chi connectivity index (χ1) is 18.6. The van der Waals surface area contributed by atoms with E-state index >= 15 is 0 Å². The lowest BCUT2D eigenvalue weighted by molar-refractivity contribution is -0.133. The fraction of sp³-hybridized carbons (Fsp3) is 0.200. The molecule has 0 saturated carbocycles. The number of aromatic nitrogens is 4. The van der Waals surface area contributed by atoms with E-state index in [-0.39, 0.29) is 23.9 Å². The predicted octanol–water partition coefficient (Wildman–Crippen LogP) is 5.16. The van der Waals surface area contributed by atoms with E-state index in [0.29, 0.717) is 35.0 Å². The molecule has 1 aliphatic rings. The van der Waals surface area contributed by atoms with E-state index in [9.17, 15) is 9.59 Å². The Labute approximate surface area is 224 Å². The quantitative estimate of drug-likeness (QED) is 0.277. The van der Waals surface area contributed by atoms with Gasteiger partial charge in [-0.3, -0.25) is 14.2 Å². The van der Waals surface area contributed by atoms with Crippen LogP contribution < -0.4 is 5.56 Å². The van der Waals surface area contributed by atoms with Crippen LogP contribution in [0.4, 0.5) is 0 Å². The lowest BCUT2D eigenvalue weighted by Crippen LogP contribution is -2.34. The normalized spacial score (nSPS) is 14.5. The Morgan fingerprint density at radius 2 is 1.58 bits per heavy atom. The first-order valence-electron chi connectivity index (χ1n) is 12.6. The monoisotopic (exact) mass is 521 g/mol. The number of para-hydroxylation sites is 1. The third-order valence-electron chi connectivity index (χ3n) is 6.91. The number of aryl methyl sites for hydroxylation is 1. The van der Waals surface area contributed by atoms with E-state index in [1.54, 1.807) is 15.4 Å². The number of fused-ring (bicyclic) bond motifs is 2. The van der Waals surface area contributed by atoms with Crippen LogP contribution in [0.5, 0.6) is 0 Å². The zero-order valence-electron chi connectivity index (χ0n) is 21.0. The molecule has 3 heterocycles. The van der Waals surface area contributed by atoms with E-state index in [4.69, 9.17) is 4.98 Å². The summed E-state index contributed by atoms with van der Waals surface area (Å²) < 4.78 is 3.42. The van der Waals surface area contributed by atoms with Crippen molar-refractivity contribution in [1.82, 2.24) is 24.2 Å². The Bertz CT molecular complexity index is 1620. The van der Waals surface area contributed by atoms with Crippen LogP contribution in [0, 0.1) is 6.92 Å². The molecule has 1 unspecified atom stereocenters. The molecule has 38 heavy (non-hydrogen) atoms. The molecule has 8 heteroatoms. The predicted molar refractivity (Wildman–Crippen MR) is 149 cm³/mol. The minimum Gasteiger partial charge on any atom is -0.334 e. The molecule has 1 aliphatic heterocycles. The van der Waals surface area contributed by atoms with Gasteiger partial charge in [-0.1, -0.05) is 90.6 Å². The van der Waals surface area contributed by atoms with E-state index < -0.39 is 0 Å². The van der Waals surface area contributed by atoms with Gasteiger partial charge in [-0.25, -0.2) is 9.67 Å². The number of rotatable bonds is 7. The number of carbonyl (C=O) groups is 1. The van der Waals surface area contributed by atoms with Crippen molar-refractivity contribution in [3.05, 3.63) is 118 Å². The zero-order valence-corrected chi connectivity index (χ0v) is 21.8. The largest absolute Gasteiger partial charge is 0.334 e. The minimum atomic E-state index is -0.261. The average molecular weight is 522 g/mol. The fourth-order valence-corrected chi connectivity index (χ4v) is 6.06. The maximum absolute atomic E-state index is 13.7. The topological polar surface area (TPSA) is 73.0 Å². The van der Waals surface area contributed by atoms with Gasteiger partial charge in [0, 0.05) is 25.3 Å². The Morgan fingerprint density at radius 1 is 0.947 bits per heavy atom. The molecule has 3 aromatic carbocycles. The number of hydrogen-bond acceptors (Lipinski definition) is 5. The van der Waals surface area contributed by atoms with Gasteiger partial charge in [0.2, 0.25) is 5.91 Å². The van der Waals surface area contributed by atoms with Crippen molar-refractivity contribution in [3.63, 3.8) is 0 Å². The number of amides is 1. The molecule has 0 bridgehead atoms. The van der Waals surface area contributed by atoms with Crippen molar-refractivity contribution >= 4 is 28.7 Å². The maximum atomic E-state index is 13.7. The summed E-state index contributed by atoms with van der Waals surface area (Å²) in [6.45, 7) is 3.03. The van der Waals surface area contributed by atoms with Crippen molar-refractivity contribution in [2.75, 3.05) is 5.75 Å². The lowest BCUT2D eigenvalue weighted by Gasteiger charge is -2.25. The van der Waals surface area contributed by atoms with Crippen molar-refractivity contribution in [2.24, 2.45) is 0 Å². The molecule has 1 amide bonds. The Balaban J connectivity index is 1.30. The highest BCUT2D eigenvalue weighted by Gasteiger charge is 2.31. The van der Waals surface area contributed by atoms with Crippen molar-refractivity contribution in [2.45, 2.75) is 37.6 Å². The second-order valence-electron chi connectivity index (χ2n) is 9.54. The molecule has 2 aromatic heterocycles. The lowest BCUT2D eigenvalue weighted by atomic mass is 10.1. The highest BCUT2D eigenvalue weighted by molar-refractivity contribution is 7.99. The summed E-state index contributed by atoms with van der Waals surface area (Å²) in [7, 11) is 0. The maximum Gasteiger partial charge on any atom is 0.265 e. The summed E-state index contributed by atoms with van der Waals surface area (Å²) in [6, 6.07) is 27.6. The molecule has 0 spiro atoms. The second kappa shape index (κ2) is 10.3. The minimum absolute atomic E-state index is 0.0127. The number of hydrogen-bond donors (Lipinski definition) is 0. The summed E-state index contributed by atoms with van der Waals surface area (Å²) in [5.74, 6) is 0.641. The van der Waals surface area contributed by atoms with Crippen LogP contribution in [-0.2, 0) is 17.9 Å². The molecular formula is C30H27N5O2S. The van der Waals surface area contributed by atoms with Crippen LogP contribution in [0.1, 0.15) is 29.2 Å². The molecule has 1 atom stereocenters. The number of benzene rings is 3. The second-order valence-corrected chi connectivity index (χ2v) is 10.5. The Morgan fingerprint density at radius 3 is 2.24 bits per heavy atom. The van der Waals surface area contributed by atoms with Crippen LogP contribution in [0.25, 0.3) is 16.7 Å². The van der Waals surface area contributed by atoms with Crippen molar-refractivity contribution in [1.29, 1.82) is 0 Å². The molecular weight excluding hydrogens is 494 g/mol. The van der Waals surface area contributed by atoms with E-state index in [1.165, 1.54) is 11.8 Å². The van der Waals surface area contributed by atoms with E-state index in [2.05, 4.69) is 5.10 Å². The van der Waals surface area contributed by atoms with Gasteiger partial charge >= 0.3 is 0 Å². The number of nitrogens with zero attached hydrogens (tertiary/aromatic N) is 5. The van der Waals surface area contributed by atoms with Crippen LogP contribution in [0.3, 0.4) is 0 Å². The van der Waals surface area contributed by atoms with Gasteiger partial charge < -0.3 is 4.90 Å². The van der Waals surface area contributed by atoms with Crippen LogP contribution in [-0.4, -0.2) is 35.9 Å². The molecule has 0 fully saturated rings. The van der Waals surface area contributed by atoms with E-state index in [0.717, 1.165) is 22.4 Å². The van der Waals surface area contributed by atoms with Gasteiger partial charge in [0.15, 0.2) is 10.8 Å². The van der Waals surface area contributed by atoms with Crippen molar-refractivity contribution in [3.8, 4) is 5.69 Å². The molecule has 0 saturated heterocycles. The molecule has 190 valence electrons. The highest BCUT2D eigenvalue weighted by Crippen LogP contribution is 2.34. The molecule has 0 aliphatic carbocycles. The third kappa shape index (κ3) is 4.63. The Hall–Kier alpha value is -4.17. The SMILES string of the molecule is Cc1ccccc1-n1ncc2c(=O)n3c(nc21)SCC3CC(=O)N(Cc1ccccc1)Cc1ccccc1. The van der Waals surface area contributed by atoms with Gasteiger partial charge in [-0.15, -0.1) is 0 Å². The summed E-state index contributed by atoms with van der Waals surface area (Å²) >= 11 is 1.52. The molecule has 0 radical (unpaired) electrons. The van der Waals surface area contributed by atoms with Gasteiger partial charge in [-0.05, 0) is 29.7 Å². The summed E-state index contributed by atoms with van der Waals surface area (Å²) in [4.78, 5) is 34.0. The van der Waals surface area contributed by atoms with Gasteiger partial charge in [0.05, 0.1) is 17.9 Å². The zero-order chi connectivity index (χ0) is 26.1. The van der Waals surface area contributed by atoms with Crippen LogP contribution >= 0.6 is 11.8 Å². The number of thioether (sulfide) groups is 1. The Kier molecular flexibility index (Phi) is 6.55. The van der Waals surface area contributed by atoms with Crippen LogP contribution in [0.2, 0.25) is 0 Å². The number of carbonyl (C=O) groups excluding carboxylic acids is 1. The van der Waals surface area contributed by atoms with Gasteiger partial charge in [-0.2, -0.15) is 5.10 Å². The summed E-state index contributed by atoms with van der Waals surface area (Å²) in [6.07, 6.45) is 1.82. The fourth-order valence-electron chi connectivity index (χ4n) is 4.93. The van der Waals surface area contributed by atoms with E-state index in [1.807, 2.05) is 96.8 Å². The molecule has 6 rings (SSSR count).